The average molecular weight is 330 g/mol. The van der Waals surface area contributed by atoms with E-state index in [9.17, 15) is 0 Å². The lowest BCUT2D eigenvalue weighted by Gasteiger charge is -2.10. The van der Waals surface area contributed by atoms with Crippen LogP contribution in [0.15, 0.2) is 36.4 Å². The summed E-state index contributed by atoms with van der Waals surface area (Å²) in [6.07, 6.45) is 0. The molecule has 0 spiro atoms. The summed E-state index contributed by atoms with van der Waals surface area (Å²) in [7, 11) is 0. The van der Waals surface area contributed by atoms with Crippen LogP contribution in [0.5, 0.6) is 5.75 Å². The number of halogens is 3. The van der Waals surface area contributed by atoms with Crippen molar-refractivity contribution in [1.82, 2.24) is 0 Å². The van der Waals surface area contributed by atoms with Gasteiger partial charge in [-0.3, -0.25) is 5.41 Å². The van der Waals surface area contributed by atoms with E-state index in [1.54, 1.807) is 36.4 Å². The number of ether oxygens (including phenoxy) is 1. The molecule has 20 heavy (non-hydrogen) atoms. The van der Waals surface area contributed by atoms with E-state index < -0.39 is 0 Å². The summed E-state index contributed by atoms with van der Waals surface area (Å²) in [5.41, 5.74) is 6.74. The maximum Gasteiger partial charge on any atom is 0.139 e. The zero-order chi connectivity index (χ0) is 14.7. The molecule has 0 radical (unpaired) electrons. The molecule has 0 aliphatic carbocycles. The van der Waals surface area contributed by atoms with Gasteiger partial charge in [0.25, 0.3) is 0 Å². The summed E-state index contributed by atoms with van der Waals surface area (Å²) in [6, 6.07) is 10.1. The van der Waals surface area contributed by atoms with Crippen LogP contribution in [0.2, 0.25) is 15.1 Å². The summed E-state index contributed by atoms with van der Waals surface area (Å²) < 4.78 is 5.60. The van der Waals surface area contributed by atoms with Gasteiger partial charge in [0, 0.05) is 27.2 Å². The Morgan fingerprint density at radius 1 is 1.05 bits per heavy atom. The fraction of sp³-hybridized carbons (Fsp3) is 0.0714. The van der Waals surface area contributed by atoms with Gasteiger partial charge in [0.05, 0.1) is 5.02 Å². The molecule has 0 atom stereocenters. The van der Waals surface area contributed by atoms with Crippen LogP contribution in [0.4, 0.5) is 0 Å². The van der Waals surface area contributed by atoms with Crippen molar-refractivity contribution in [3.8, 4) is 5.75 Å². The van der Waals surface area contributed by atoms with E-state index in [0.29, 0.717) is 26.4 Å². The Bertz CT molecular complexity index is 659. The highest BCUT2D eigenvalue weighted by atomic mass is 35.5. The van der Waals surface area contributed by atoms with Crippen LogP contribution in [0.25, 0.3) is 0 Å². The van der Waals surface area contributed by atoms with E-state index in [1.165, 1.54) is 0 Å². The normalized spacial score (nSPS) is 10.3. The zero-order valence-electron chi connectivity index (χ0n) is 10.3. The van der Waals surface area contributed by atoms with E-state index in [-0.39, 0.29) is 12.4 Å². The molecule has 0 saturated heterocycles. The first kappa shape index (κ1) is 15.0. The van der Waals surface area contributed by atoms with Gasteiger partial charge in [-0.25, -0.2) is 0 Å². The number of nitrogens with two attached hydrogens (primary N) is 1. The Morgan fingerprint density at radius 2 is 1.80 bits per heavy atom. The molecule has 6 heteroatoms. The van der Waals surface area contributed by atoms with Crippen molar-refractivity contribution in [3.63, 3.8) is 0 Å². The first-order valence-electron chi connectivity index (χ1n) is 5.68. The Kier molecular flexibility index (Phi) is 4.76. The second-order valence-corrected chi connectivity index (χ2v) is 5.33. The fourth-order valence-electron chi connectivity index (χ4n) is 1.58. The van der Waals surface area contributed by atoms with Gasteiger partial charge in [0.1, 0.15) is 18.2 Å². The summed E-state index contributed by atoms with van der Waals surface area (Å²) in [6.45, 7) is 0.247. The van der Waals surface area contributed by atoms with Gasteiger partial charge < -0.3 is 10.5 Å². The van der Waals surface area contributed by atoms with Crippen LogP contribution < -0.4 is 10.5 Å². The second-order valence-electron chi connectivity index (χ2n) is 4.08. The molecule has 3 N–H and O–H groups in total. The average Bonchev–Trinajstić information content (AvgIpc) is 2.40. The number of amidine groups is 1. The maximum absolute atomic E-state index is 7.35. The second kappa shape index (κ2) is 6.35. The van der Waals surface area contributed by atoms with Gasteiger partial charge in [-0.15, -0.1) is 0 Å². The molecule has 104 valence electrons. The minimum absolute atomic E-state index is 0.0303. The third-order valence-corrected chi connectivity index (χ3v) is 3.54. The number of hydrogen-bond acceptors (Lipinski definition) is 2. The minimum atomic E-state index is -0.0303. The molecule has 2 aromatic rings. The minimum Gasteiger partial charge on any atom is -0.487 e. The van der Waals surface area contributed by atoms with Crippen LogP contribution in [-0.4, -0.2) is 5.84 Å². The molecule has 0 bridgehead atoms. The predicted molar refractivity (Wildman–Crippen MR) is 83.3 cm³/mol. The van der Waals surface area contributed by atoms with Gasteiger partial charge in [-0.1, -0.05) is 46.9 Å². The highest BCUT2D eigenvalue weighted by Crippen LogP contribution is 2.29. The highest BCUT2D eigenvalue weighted by Gasteiger charge is 2.07. The first-order chi connectivity index (χ1) is 9.47. The molecule has 0 heterocycles. The van der Waals surface area contributed by atoms with Crippen molar-refractivity contribution in [2.45, 2.75) is 6.61 Å². The highest BCUT2D eigenvalue weighted by molar-refractivity contribution is 6.34. The molecule has 2 aromatic carbocycles. The third kappa shape index (κ3) is 3.57. The first-order valence-corrected chi connectivity index (χ1v) is 6.81. The lowest BCUT2D eigenvalue weighted by Crippen LogP contribution is -2.11. The van der Waals surface area contributed by atoms with Crippen molar-refractivity contribution >= 4 is 40.6 Å². The molecule has 2 rings (SSSR count). The molecular formula is C14H11Cl3N2O. The smallest absolute Gasteiger partial charge is 0.139 e. The van der Waals surface area contributed by atoms with E-state index in [4.69, 9.17) is 50.7 Å². The summed E-state index contributed by atoms with van der Waals surface area (Å²) in [5, 5.41) is 8.85. The standard InChI is InChI=1S/C14H11Cl3N2O/c15-10-3-4-11(16)13(6-10)20-7-9-2-1-8(14(18)19)5-12(9)17/h1-6H,7H2,(H3,18,19). The lowest BCUT2D eigenvalue weighted by molar-refractivity contribution is 0.306. The van der Waals surface area contributed by atoms with Crippen molar-refractivity contribution in [1.29, 1.82) is 5.41 Å². The number of nitrogen functional groups attached to an aromatic ring is 1. The van der Waals surface area contributed by atoms with E-state index in [2.05, 4.69) is 0 Å². The van der Waals surface area contributed by atoms with Gasteiger partial charge >= 0.3 is 0 Å². The molecule has 0 aliphatic heterocycles. The Morgan fingerprint density at radius 3 is 2.45 bits per heavy atom. The van der Waals surface area contributed by atoms with Crippen LogP contribution in [-0.2, 0) is 6.61 Å². The van der Waals surface area contributed by atoms with Crippen molar-refractivity contribution in [3.05, 3.63) is 62.6 Å². The van der Waals surface area contributed by atoms with Crippen LogP contribution in [0, 0.1) is 5.41 Å². The molecule has 0 amide bonds. The van der Waals surface area contributed by atoms with Crippen molar-refractivity contribution < 1.29 is 4.74 Å². The fourth-order valence-corrected chi connectivity index (χ4v) is 2.14. The molecule has 0 aliphatic rings. The number of hydrogen-bond donors (Lipinski definition) is 2. The molecule has 0 fully saturated rings. The maximum atomic E-state index is 7.35. The van der Waals surface area contributed by atoms with E-state index in [1.807, 2.05) is 0 Å². The Labute approximate surface area is 131 Å². The van der Waals surface area contributed by atoms with Gasteiger partial charge in [-0.05, 0) is 18.2 Å². The Balaban J connectivity index is 2.15. The molecular weight excluding hydrogens is 319 g/mol. The van der Waals surface area contributed by atoms with E-state index in [0.717, 1.165) is 5.56 Å². The largest absolute Gasteiger partial charge is 0.487 e. The van der Waals surface area contributed by atoms with Crippen LogP contribution >= 0.6 is 34.8 Å². The molecule has 0 saturated carbocycles. The number of nitrogens with one attached hydrogen (secondary N) is 1. The number of benzene rings is 2. The topological polar surface area (TPSA) is 59.1 Å². The Hall–Kier alpha value is -1.42. The van der Waals surface area contributed by atoms with Gasteiger partial charge in [0.2, 0.25) is 0 Å². The summed E-state index contributed by atoms with van der Waals surface area (Å²) in [4.78, 5) is 0. The summed E-state index contributed by atoms with van der Waals surface area (Å²) in [5.74, 6) is 0.461. The molecule has 3 nitrogen and oxygen atoms in total. The SMILES string of the molecule is N=C(N)c1ccc(COc2cc(Cl)ccc2Cl)c(Cl)c1. The van der Waals surface area contributed by atoms with Crippen molar-refractivity contribution in [2.75, 3.05) is 0 Å². The predicted octanol–water partition coefficient (Wildman–Crippen LogP) is 4.51. The summed E-state index contributed by atoms with van der Waals surface area (Å²) >= 11 is 18.0. The molecule has 0 aromatic heterocycles. The van der Waals surface area contributed by atoms with Gasteiger partial charge in [0.15, 0.2) is 0 Å². The van der Waals surface area contributed by atoms with Crippen molar-refractivity contribution in [2.24, 2.45) is 5.73 Å². The third-order valence-electron chi connectivity index (χ3n) is 2.64. The number of rotatable bonds is 4. The monoisotopic (exact) mass is 328 g/mol. The molecule has 0 unspecified atom stereocenters. The van der Waals surface area contributed by atoms with Crippen LogP contribution in [0.3, 0.4) is 0 Å². The quantitative estimate of drug-likeness (QED) is 0.640. The van der Waals surface area contributed by atoms with Crippen LogP contribution in [0.1, 0.15) is 11.1 Å². The lowest BCUT2D eigenvalue weighted by atomic mass is 10.1. The zero-order valence-corrected chi connectivity index (χ0v) is 12.6. The van der Waals surface area contributed by atoms with Gasteiger partial charge in [-0.2, -0.15) is 0 Å². The van der Waals surface area contributed by atoms with E-state index >= 15 is 0 Å².